The first kappa shape index (κ1) is 18.1. The predicted molar refractivity (Wildman–Crippen MR) is 100.0 cm³/mol. The van der Waals surface area contributed by atoms with Gasteiger partial charge in [0.15, 0.2) is 17.6 Å². The second-order valence-electron chi connectivity index (χ2n) is 6.72. The number of hydrogen-bond acceptors (Lipinski definition) is 4. The molecule has 1 heterocycles. The molecular weight excluding hydrogens is 330 g/mol. The monoisotopic (exact) mass is 355 g/mol. The van der Waals surface area contributed by atoms with Crippen molar-refractivity contribution in [2.45, 2.75) is 39.8 Å². The summed E-state index contributed by atoms with van der Waals surface area (Å²) in [5.41, 5.74) is 3.18. The van der Waals surface area contributed by atoms with Crippen LogP contribution in [0.25, 0.3) is 0 Å². The van der Waals surface area contributed by atoms with Crippen molar-refractivity contribution in [1.29, 1.82) is 0 Å². The Hall–Kier alpha value is -2.69. The summed E-state index contributed by atoms with van der Waals surface area (Å²) in [5, 5.41) is 2.99. The van der Waals surface area contributed by atoms with Crippen LogP contribution in [0.4, 0.5) is 0 Å². The van der Waals surface area contributed by atoms with Gasteiger partial charge in [-0.15, -0.1) is 0 Å². The maximum Gasteiger partial charge on any atom is 0.261 e. The molecule has 2 aromatic rings. The highest BCUT2D eigenvalue weighted by Crippen LogP contribution is 2.32. The highest BCUT2D eigenvalue weighted by atomic mass is 16.6. The van der Waals surface area contributed by atoms with Crippen LogP contribution in [0.3, 0.4) is 0 Å². The summed E-state index contributed by atoms with van der Waals surface area (Å²) in [6.45, 7) is 8.81. The Morgan fingerprint density at radius 2 is 1.65 bits per heavy atom. The average molecular weight is 355 g/mol. The average Bonchev–Trinajstić information content (AvgIpc) is 2.60. The third kappa shape index (κ3) is 4.28. The summed E-state index contributed by atoms with van der Waals surface area (Å²) >= 11 is 0. The van der Waals surface area contributed by atoms with Gasteiger partial charge in [0.05, 0.1) is 6.04 Å². The Morgan fingerprint density at radius 1 is 1.00 bits per heavy atom. The molecule has 3 rings (SSSR count). The van der Waals surface area contributed by atoms with Crippen molar-refractivity contribution in [2.24, 2.45) is 0 Å². The molecule has 2 atom stereocenters. The topological polar surface area (TPSA) is 56.8 Å². The number of amides is 1. The first-order chi connectivity index (χ1) is 12.4. The number of aryl methyl sites for hydroxylation is 2. The fraction of sp³-hybridized carbons (Fsp3) is 0.381. The van der Waals surface area contributed by atoms with E-state index in [0.717, 1.165) is 28.2 Å². The molecule has 0 aliphatic carbocycles. The van der Waals surface area contributed by atoms with Crippen molar-refractivity contribution < 1.29 is 19.0 Å². The summed E-state index contributed by atoms with van der Waals surface area (Å²) in [7, 11) is 0. The van der Waals surface area contributed by atoms with Crippen molar-refractivity contribution >= 4 is 5.91 Å². The lowest BCUT2D eigenvalue weighted by molar-refractivity contribution is -0.127. The minimum Gasteiger partial charge on any atom is -0.486 e. The standard InChI is InChI=1S/C21H25NO4/c1-13-9-14(2)11-18(10-13)26-16(4)21(23)22-15(3)17-5-6-19-20(12-17)25-8-7-24-19/h5-6,9-12,15-16H,7-8H2,1-4H3,(H,22,23)/t15-,16+/m1/s1. The summed E-state index contributed by atoms with van der Waals surface area (Å²) < 4.78 is 16.9. The maximum absolute atomic E-state index is 12.5. The number of ether oxygens (including phenoxy) is 3. The lowest BCUT2D eigenvalue weighted by Gasteiger charge is -2.22. The van der Waals surface area contributed by atoms with Crippen LogP contribution < -0.4 is 19.5 Å². The Labute approximate surface area is 154 Å². The number of carbonyl (C=O) groups excluding carboxylic acids is 1. The van der Waals surface area contributed by atoms with Crippen LogP contribution in [-0.2, 0) is 4.79 Å². The second-order valence-corrected chi connectivity index (χ2v) is 6.72. The molecule has 0 radical (unpaired) electrons. The molecule has 0 fully saturated rings. The van der Waals surface area contributed by atoms with E-state index in [4.69, 9.17) is 14.2 Å². The molecule has 5 heteroatoms. The quantitative estimate of drug-likeness (QED) is 0.888. The molecule has 0 aromatic heterocycles. The third-order valence-corrected chi connectivity index (χ3v) is 4.30. The predicted octanol–water partition coefficient (Wildman–Crippen LogP) is 3.72. The zero-order valence-electron chi connectivity index (χ0n) is 15.7. The van der Waals surface area contributed by atoms with Gasteiger partial charge in [-0.2, -0.15) is 0 Å². The molecule has 1 N–H and O–H groups in total. The Morgan fingerprint density at radius 3 is 2.35 bits per heavy atom. The molecule has 138 valence electrons. The van der Waals surface area contributed by atoms with Gasteiger partial charge >= 0.3 is 0 Å². The molecule has 1 aliphatic rings. The van der Waals surface area contributed by atoms with Crippen LogP contribution in [0, 0.1) is 13.8 Å². The van der Waals surface area contributed by atoms with Gasteiger partial charge in [0.2, 0.25) is 0 Å². The van der Waals surface area contributed by atoms with E-state index in [9.17, 15) is 4.79 Å². The number of fused-ring (bicyclic) bond motifs is 1. The van der Waals surface area contributed by atoms with Gasteiger partial charge in [-0.25, -0.2) is 0 Å². The number of rotatable bonds is 5. The van der Waals surface area contributed by atoms with E-state index in [0.29, 0.717) is 19.0 Å². The molecule has 2 aromatic carbocycles. The molecule has 0 saturated carbocycles. The van der Waals surface area contributed by atoms with Crippen molar-refractivity contribution in [2.75, 3.05) is 13.2 Å². The van der Waals surface area contributed by atoms with Gasteiger partial charge in [0.25, 0.3) is 5.91 Å². The highest BCUT2D eigenvalue weighted by Gasteiger charge is 2.20. The van der Waals surface area contributed by atoms with E-state index >= 15 is 0 Å². The van der Waals surface area contributed by atoms with Crippen molar-refractivity contribution in [3.8, 4) is 17.2 Å². The number of hydrogen-bond donors (Lipinski definition) is 1. The Bertz CT molecular complexity index is 782. The van der Waals surface area contributed by atoms with E-state index in [1.54, 1.807) is 6.92 Å². The Balaban J connectivity index is 1.63. The Kier molecular flexibility index (Phi) is 5.35. The normalized spacial score (nSPS) is 15.1. The van der Waals surface area contributed by atoms with Crippen LogP contribution in [0.2, 0.25) is 0 Å². The highest BCUT2D eigenvalue weighted by molar-refractivity contribution is 5.81. The molecule has 1 amide bonds. The molecule has 26 heavy (non-hydrogen) atoms. The molecular formula is C21H25NO4. The van der Waals surface area contributed by atoms with E-state index < -0.39 is 6.10 Å². The fourth-order valence-corrected chi connectivity index (χ4v) is 3.00. The van der Waals surface area contributed by atoms with Crippen LogP contribution in [0.15, 0.2) is 36.4 Å². The van der Waals surface area contributed by atoms with Gasteiger partial charge in [0.1, 0.15) is 19.0 Å². The fourth-order valence-electron chi connectivity index (χ4n) is 3.00. The first-order valence-electron chi connectivity index (χ1n) is 8.87. The lowest BCUT2D eigenvalue weighted by atomic mass is 10.1. The first-order valence-corrected chi connectivity index (χ1v) is 8.87. The summed E-state index contributed by atoms with van der Waals surface area (Å²) in [4.78, 5) is 12.5. The molecule has 1 aliphatic heterocycles. The van der Waals surface area contributed by atoms with Crippen LogP contribution in [-0.4, -0.2) is 25.2 Å². The van der Waals surface area contributed by atoms with Crippen molar-refractivity contribution in [3.05, 3.63) is 53.1 Å². The number of carbonyl (C=O) groups is 1. The molecule has 0 bridgehead atoms. The molecule has 0 spiro atoms. The minimum absolute atomic E-state index is 0.161. The second kappa shape index (κ2) is 7.68. The van der Waals surface area contributed by atoms with Gasteiger partial charge in [-0.3, -0.25) is 4.79 Å². The van der Waals surface area contributed by atoms with E-state index in [1.165, 1.54) is 0 Å². The maximum atomic E-state index is 12.5. The van der Waals surface area contributed by atoms with E-state index in [2.05, 4.69) is 11.4 Å². The summed E-state index contributed by atoms with van der Waals surface area (Å²) in [6.07, 6.45) is -0.587. The summed E-state index contributed by atoms with van der Waals surface area (Å²) in [6, 6.07) is 11.5. The van der Waals surface area contributed by atoms with Gasteiger partial charge in [-0.1, -0.05) is 12.1 Å². The van der Waals surface area contributed by atoms with Gasteiger partial charge < -0.3 is 19.5 Å². The van der Waals surface area contributed by atoms with Gasteiger partial charge in [0, 0.05) is 0 Å². The van der Waals surface area contributed by atoms with E-state index in [1.807, 2.05) is 51.1 Å². The number of benzene rings is 2. The lowest BCUT2D eigenvalue weighted by Crippen LogP contribution is -2.37. The molecule has 0 saturated heterocycles. The smallest absolute Gasteiger partial charge is 0.261 e. The SMILES string of the molecule is Cc1cc(C)cc(O[C@@H](C)C(=O)N[C@H](C)c2ccc3c(c2)OCCO3)c1. The largest absolute Gasteiger partial charge is 0.486 e. The zero-order valence-corrected chi connectivity index (χ0v) is 15.7. The zero-order chi connectivity index (χ0) is 18.7. The van der Waals surface area contributed by atoms with Crippen LogP contribution >= 0.6 is 0 Å². The van der Waals surface area contributed by atoms with Crippen molar-refractivity contribution in [3.63, 3.8) is 0 Å². The summed E-state index contributed by atoms with van der Waals surface area (Å²) in [5.74, 6) is 2.00. The van der Waals surface area contributed by atoms with Crippen LogP contribution in [0.5, 0.6) is 17.2 Å². The molecule has 0 unspecified atom stereocenters. The van der Waals surface area contributed by atoms with Crippen LogP contribution in [0.1, 0.15) is 36.6 Å². The van der Waals surface area contributed by atoms with Gasteiger partial charge in [-0.05, 0) is 68.7 Å². The van der Waals surface area contributed by atoms with E-state index in [-0.39, 0.29) is 11.9 Å². The minimum atomic E-state index is -0.587. The van der Waals surface area contributed by atoms with Crippen molar-refractivity contribution in [1.82, 2.24) is 5.32 Å². The number of nitrogens with one attached hydrogen (secondary N) is 1. The molecule has 5 nitrogen and oxygen atoms in total. The third-order valence-electron chi connectivity index (χ3n) is 4.30.